The minimum atomic E-state index is -0.373. The van der Waals surface area contributed by atoms with Crippen molar-refractivity contribution in [2.45, 2.75) is 54.1 Å². The smallest absolute Gasteiger partial charge is 0.309 e. The third-order valence-electron chi connectivity index (χ3n) is 2.62. The molecule has 0 saturated heterocycles. The van der Waals surface area contributed by atoms with Gasteiger partial charge in [-0.25, -0.2) is 0 Å². The van der Waals surface area contributed by atoms with Crippen molar-refractivity contribution < 1.29 is 9.53 Å². The highest BCUT2D eigenvalue weighted by molar-refractivity contribution is 5.72. The van der Waals surface area contributed by atoms with Gasteiger partial charge < -0.3 is 4.74 Å². The Morgan fingerprint density at radius 3 is 1.79 bits per heavy atom. The predicted octanol–water partition coefficient (Wildman–Crippen LogP) is 3.26. The van der Waals surface area contributed by atoms with E-state index in [1.807, 2.05) is 27.7 Å². The average molecular weight is 200 g/mol. The standard InChI is InChI=1S/C12H24O2/c1-8(2)9(3)10(4)11(13)14-12(5,6)7/h8-10H,1-7H3/t9-,10-/m1/s1. The van der Waals surface area contributed by atoms with Crippen LogP contribution in [0.5, 0.6) is 0 Å². The van der Waals surface area contributed by atoms with Gasteiger partial charge in [-0.15, -0.1) is 0 Å². The van der Waals surface area contributed by atoms with Crippen molar-refractivity contribution in [3.63, 3.8) is 0 Å². The van der Waals surface area contributed by atoms with Crippen molar-refractivity contribution in [3.8, 4) is 0 Å². The average Bonchev–Trinajstić information content (AvgIpc) is 1.98. The minimum Gasteiger partial charge on any atom is -0.460 e. The Morgan fingerprint density at radius 1 is 1.07 bits per heavy atom. The highest BCUT2D eigenvalue weighted by Crippen LogP contribution is 2.23. The summed E-state index contributed by atoms with van der Waals surface area (Å²) in [6, 6.07) is 0. The van der Waals surface area contributed by atoms with Crippen LogP contribution in [0, 0.1) is 17.8 Å². The molecule has 0 saturated carbocycles. The van der Waals surface area contributed by atoms with E-state index in [1.165, 1.54) is 0 Å². The van der Waals surface area contributed by atoms with Crippen LogP contribution in [0.4, 0.5) is 0 Å². The topological polar surface area (TPSA) is 26.3 Å². The lowest BCUT2D eigenvalue weighted by molar-refractivity contribution is -0.161. The summed E-state index contributed by atoms with van der Waals surface area (Å²) in [6.45, 7) is 14.0. The molecule has 0 fully saturated rings. The van der Waals surface area contributed by atoms with E-state index in [4.69, 9.17) is 4.74 Å². The second-order valence-corrected chi connectivity index (χ2v) is 5.43. The van der Waals surface area contributed by atoms with Crippen LogP contribution in [0.25, 0.3) is 0 Å². The lowest BCUT2D eigenvalue weighted by Crippen LogP contribution is -2.31. The fourth-order valence-corrected chi connectivity index (χ4v) is 1.19. The van der Waals surface area contributed by atoms with Crippen LogP contribution in [0.15, 0.2) is 0 Å². The third-order valence-corrected chi connectivity index (χ3v) is 2.62. The minimum absolute atomic E-state index is 0.0192. The summed E-state index contributed by atoms with van der Waals surface area (Å²) in [6.07, 6.45) is 0. The first-order valence-corrected chi connectivity index (χ1v) is 5.38. The first-order chi connectivity index (χ1) is 6.15. The Labute approximate surface area is 88.0 Å². The molecule has 0 aliphatic carbocycles. The summed E-state index contributed by atoms with van der Waals surface area (Å²) >= 11 is 0. The molecule has 0 spiro atoms. The number of rotatable bonds is 3. The van der Waals surface area contributed by atoms with Crippen LogP contribution in [0.2, 0.25) is 0 Å². The molecule has 0 unspecified atom stereocenters. The van der Waals surface area contributed by atoms with Gasteiger partial charge in [-0.2, -0.15) is 0 Å². The van der Waals surface area contributed by atoms with Gasteiger partial charge in [0.1, 0.15) is 5.60 Å². The quantitative estimate of drug-likeness (QED) is 0.654. The lowest BCUT2D eigenvalue weighted by Gasteiger charge is -2.26. The van der Waals surface area contributed by atoms with Gasteiger partial charge in [0.25, 0.3) is 0 Å². The normalized spacial score (nSPS) is 16.6. The zero-order chi connectivity index (χ0) is 11.5. The molecule has 0 aromatic heterocycles. The summed E-state index contributed by atoms with van der Waals surface area (Å²) in [5.41, 5.74) is -0.373. The number of carbonyl (C=O) groups excluding carboxylic acids is 1. The number of hydrogen-bond donors (Lipinski definition) is 0. The van der Waals surface area contributed by atoms with Crippen molar-refractivity contribution >= 4 is 5.97 Å². The number of ether oxygens (including phenoxy) is 1. The molecule has 0 amide bonds. The second-order valence-electron chi connectivity index (χ2n) is 5.43. The van der Waals surface area contributed by atoms with Crippen LogP contribution in [0.3, 0.4) is 0 Å². The van der Waals surface area contributed by atoms with Crippen molar-refractivity contribution in [1.82, 2.24) is 0 Å². The van der Waals surface area contributed by atoms with Gasteiger partial charge in [0.05, 0.1) is 5.92 Å². The highest BCUT2D eigenvalue weighted by atomic mass is 16.6. The van der Waals surface area contributed by atoms with E-state index in [2.05, 4.69) is 20.8 Å². The molecule has 2 atom stereocenters. The van der Waals surface area contributed by atoms with Gasteiger partial charge >= 0.3 is 5.97 Å². The summed E-state index contributed by atoms with van der Waals surface area (Å²) in [4.78, 5) is 11.7. The van der Waals surface area contributed by atoms with Crippen LogP contribution in [0.1, 0.15) is 48.5 Å². The summed E-state index contributed by atoms with van der Waals surface area (Å²) in [7, 11) is 0. The van der Waals surface area contributed by atoms with E-state index in [1.54, 1.807) is 0 Å². The largest absolute Gasteiger partial charge is 0.460 e. The van der Waals surface area contributed by atoms with E-state index >= 15 is 0 Å². The zero-order valence-electron chi connectivity index (χ0n) is 10.5. The Morgan fingerprint density at radius 2 is 1.50 bits per heavy atom. The van der Waals surface area contributed by atoms with E-state index in [-0.39, 0.29) is 17.5 Å². The molecule has 0 rings (SSSR count). The van der Waals surface area contributed by atoms with Crippen molar-refractivity contribution in [1.29, 1.82) is 0 Å². The Hall–Kier alpha value is -0.530. The van der Waals surface area contributed by atoms with E-state index in [9.17, 15) is 4.79 Å². The predicted molar refractivity (Wildman–Crippen MR) is 59.0 cm³/mol. The van der Waals surface area contributed by atoms with E-state index in [0.29, 0.717) is 11.8 Å². The summed E-state index contributed by atoms with van der Waals surface area (Å²) in [5.74, 6) is 0.773. The van der Waals surface area contributed by atoms with Crippen molar-refractivity contribution in [2.75, 3.05) is 0 Å². The first-order valence-electron chi connectivity index (χ1n) is 5.38. The lowest BCUT2D eigenvalue weighted by atomic mass is 9.86. The molecule has 2 nitrogen and oxygen atoms in total. The van der Waals surface area contributed by atoms with Crippen molar-refractivity contribution in [2.24, 2.45) is 17.8 Å². The summed E-state index contributed by atoms with van der Waals surface area (Å²) < 4.78 is 5.33. The molecule has 0 radical (unpaired) electrons. The molecule has 14 heavy (non-hydrogen) atoms. The molecular weight excluding hydrogens is 176 g/mol. The Balaban J connectivity index is 4.26. The molecule has 0 bridgehead atoms. The molecular formula is C12H24O2. The second kappa shape index (κ2) is 4.81. The van der Waals surface area contributed by atoms with Gasteiger partial charge in [-0.3, -0.25) is 4.79 Å². The SMILES string of the molecule is CC(C)[C@@H](C)[C@@H](C)C(=O)OC(C)(C)C. The number of esters is 1. The fourth-order valence-electron chi connectivity index (χ4n) is 1.19. The van der Waals surface area contributed by atoms with Crippen LogP contribution >= 0.6 is 0 Å². The number of carbonyl (C=O) groups is 1. The maximum atomic E-state index is 11.7. The molecule has 0 aromatic rings. The Kier molecular flexibility index (Phi) is 4.63. The molecule has 0 heterocycles. The zero-order valence-corrected chi connectivity index (χ0v) is 10.5. The van der Waals surface area contributed by atoms with Gasteiger partial charge in [0.15, 0.2) is 0 Å². The molecule has 84 valence electrons. The monoisotopic (exact) mass is 200 g/mol. The fraction of sp³-hybridized carbons (Fsp3) is 0.917. The van der Waals surface area contributed by atoms with Gasteiger partial charge in [0, 0.05) is 0 Å². The molecule has 0 aromatic carbocycles. The third kappa shape index (κ3) is 4.64. The molecule has 0 N–H and O–H groups in total. The highest BCUT2D eigenvalue weighted by Gasteiger charge is 2.27. The van der Waals surface area contributed by atoms with E-state index < -0.39 is 0 Å². The van der Waals surface area contributed by atoms with Crippen LogP contribution in [-0.4, -0.2) is 11.6 Å². The van der Waals surface area contributed by atoms with Crippen molar-refractivity contribution in [3.05, 3.63) is 0 Å². The van der Waals surface area contributed by atoms with Gasteiger partial charge in [0.2, 0.25) is 0 Å². The maximum absolute atomic E-state index is 11.7. The first kappa shape index (κ1) is 13.5. The molecule has 0 aliphatic rings. The Bertz CT molecular complexity index is 189. The van der Waals surface area contributed by atoms with E-state index in [0.717, 1.165) is 0 Å². The van der Waals surface area contributed by atoms with Gasteiger partial charge in [-0.05, 0) is 32.6 Å². The van der Waals surface area contributed by atoms with Gasteiger partial charge in [-0.1, -0.05) is 27.7 Å². The van der Waals surface area contributed by atoms with Crippen LogP contribution in [-0.2, 0) is 9.53 Å². The molecule has 0 aliphatic heterocycles. The molecule has 2 heteroatoms. The van der Waals surface area contributed by atoms with Crippen LogP contribution < -0.4 is 0 Å². The number of hydrogen-bond acceptors (Lipinski definition) is 2. The summed E-state index contributed by atoms with van der Waals surface area (Å²) in [5, 5.41) is 0. The maximum Gasteiger partial charge on any atom is 0.309 e.